The summed E-state index contributed by atoms with van der Waals surface area (Å²) in [5.74, 6) is -0.862. The van der Waals surface area contributed by atoms with E-state index < -0.39 is 5.97 Å². The monoisotopic (exact) mass is 284 g/mol. The van der Waals surface area contributed by atoms with Crippen LogP contribution < -0.4 is 5.32 Å². The summed E-state index contributed by atoms with van der Waals surface area (Å²) >= 11 is 0. The fourth-order valence-electron chi connectivity index (χ4n) is 1.90. The second-order valence-corrected chi connectivity index (χ2v) is 4.66. The molecule has 0 fully saturated rings. The maximum Gasteiger partial charge on any atom is 0.339 e. The van der Waals surface area contributed by atoms with Gasteiger partial charge in [-0.25, -0.2) is 9.78 Å². The van der Waals surface area contributed by atoms with Gasteiger partial charge >= 0.3 is 5.97 Å². The molecule has 0 saturated carbocycles. The largest absolute Gasteiger partial charge is 0.465 e. The van der Waals surface area contributed by atoms with E-state index in [0.717, 1.165) is 11.3 Å². The summed E-state index contributed by atoms with van der Waals surface area (Å²) in [6, 6.07) is 10.3. The predicted molar refractivity (Wildman–Crippen MR) is 79.4 cm³/mol. The SMILES string of the molecule is COC(=O)c1cc(C)ccc1NC(=O)c1cccc(C)n1. The molecule has 0 bridgehead atoms. The van der Waals surface area contributed by atoms with Crippen LogP contribution in [-0.4, -0.2) is 24.0 Å². The van der Waals surface area contributed by atoms with E-state index in [1.54, 1.807) is 24.3 Å². The first kappa shape index (κ1) is 14.7. The summed E-state index contributed by atoms with van der Waals surface area (Å²) in [6.45, 7) is 3.67. The molecule has 108 valence electrons. The molecular formula is C16H16N2O3. The van der Waals surface area contributed by atoms with Crippen LogP contribution in [0.2, 0.25) is 0 Å². The topological polar surface area (TPSA) is 68.3 Å². The maximum atomic E-state index is 12.2. The first-order valence-corrected chi connectivity index (χ1v) is 6.45. The third-order valence-corrected chi connectivity index (χ3v) is 2.95. The zero-order chi connectivity index (χ0) is 15.4. The van der Waals surface area contributed by atoms with Crippen molar-refractivity contribution in [1.82, 2.24) is 4.98 Å². The molecule has 21 heavy (non-hydrogen) atoms. The molecule has 5 heteroatoms. The minimum atomic E-state index is -0.494. The van der Waals surface area contributed by atoms with Crippen LogP contribution in [0.25, 0.3) is 0 Å². The van der Waals surface area contributed by atoms with Crippen LogP contribution in [0.5, 0.6) is 0 Å². The molecule has 0 saturated heterocycles. The number of ether oxygens (including phenoxy) is 1. The number of esters is 1. The van der Waals surface area contributed by atoms with Crippen molar-refractivity contribution in [2.75, 3.05) is 12.4 Å². The Kier molecular flexibility index (Phi) is 4.33. The number of rotatable bonds is 3. The van der Waals surface area contributed by atoms with Gasteiger partial charge in [0.1, 0.15) is 5.69 Å². The summed E-state index contributed by atoms with van der Waals surface area (Å²) in [4.78, 5) is 28.1. The molecule has 0 aliphatic carbocycles. The molecule has 0 spiro atoms. The lowest BCUT2D eigenvalue weighted by Gasteiger charge is -2.10. The Labute approximate surface area is 123 Å². The predicted octanol–water partition coefficient (Wildman–Crippen LogP) is 2.74. The zero-order valence-corrected chi connectivity index (χ0v) is 12.1. The van der Waals surface area contributed by atoms with Crippen molar-refractivity contribution in [3.8, 4) is 0 Å². The number of hydrogen-bond donors (Lipinski definition) is 1. The van der Waals surface area contributed by atoms with E-state index in [0.29, 0.717) is 16.9 Å². The average Bonchev–Trinajstić information content (AvgIpc) is 2.48. The molecule has 1 aromatic heterocycles. The highest BCUT2D eigenvalue weighted by atomic mass is 16.5. The number of aryl methyl sites for hydroxylation is 2. The Morgan fingerprint density at radius 2 is 1.90 bits per heavy atom. The van der Waals surface area contributed by atoms with Crippen LogP contribution >= 0.6 is 0 Å². The van der Waals surface area contributed by atoms with Crippen molar-refractivity contribution in [2.45, 2.75) is 13.8 Å². The molecule has 1 aromatic carbocycles. The van der Waals surface area contributed by atoms with Crippen LogP contribution in [-0.2, 0) is 4.74 Å². The first-order valence-electron chi connectivity index (χ1n) is 6.45. The van der Waals surface area contributed by atoms with E-state index >= 15 is 0 Å². The summed E-state index contributed by atoms with van der Waals surface area (Å²) in [7, 11) is 1.30. The van der Waals surface area contributed by atoms with Gasteiger partial charge in [0.05, 0.1) is 18.4 Å². The lowest BCUT2D eigenvalue weighted by molar-refractivity contribution is 0.0602. The number of nitrogens with one attached hydrogen (secondary N) is 1. The van der Waals surface area contributed by atoms with Gasteiger partial charge in [0.15, 0.2) is 0 Å². The number of carbonyl (C=O) groups excluding carboxylic acids is 2. The zero-order valence-electron chi connectivity index (χ0n) is 12.1. The molecule has 1 amide bonds. The van der Waals surface area contributed by atoms with Gasteiger partial charge in [-0.15, -0.1) is 0 Å². The Balaban J connectivity index is 2.31. The van der Waals surface area contributed by atoms with Gasteiger partial charge in [0.25, 0.3) is 5.91 Å². The van der Waals surface area contributed by atoms with Crippen molar-refractivity contribution in [2.24, 2.45) is 0 Å². The Hall–Kier alpha value is -2.69. The van der Waals surface area contributed by atoms with Gasteiger partial charge in [0.2, 0.25) is 0 Å². The standard InChI is InChI=1S/C16H16N2O3/c1-10-7-8-13(12(9-10)16(20)21-3)18-15(19)14-6-4-5-11(2)17-14/h4-9H,1-3H3,(H,18,19). The van der Waals surface area contributed by atoms with Crippen LogP contribution in [0.4, 0.5) is 5.69 Å². The first-order chi connectivity index (χ1) is 10.0. The van der Waals surface area contributed by atoms with E-state index in [1.807, 2.05) is 26.0 Å². The summed E-state index contributed by atoms with van der Waals surface area (Å²) in [5, 5.41) is 2.69. The lowest BCUT2D eigenvalue weighted by Crippen LogP contribution is -2.17. The second kappa shape index (κ2) is 6.17. The number of benzene rings is 1. The molecule has 1 heterocycles. The fourth-order valence-corrected chi connectivity index (χ4v) is 1.90. The van der Waals surface area contributed by atoms with E-state index in [9.17, 15) is 9.59 Å². The summed E-state index contributed by atoms with van der Waals surface area (Å²) in [5.41, 5.74) is 2.67. The molecule has 0 unspecified atom stereocenters. The smallest absolute Gasteiger partial charge is 0.339 e. The number of pyridine rings is 1. The molecule has 2 rings (SSSR count). The number of hydrogen-bond acceptors (Lipinski definition) is 4. The Morgan fingerprint density at radius 3 is 2.57 bits per heavy atom. The molecule has 0 atom stereocenters. The van der Waals surface area contributed by atoms with E-state index in [2.05, 4.69) is 10.3 Å². The minimum Gasteiger partial charge on any atom is -0.465 e. The third-order valence-electron chi connectivity index (χ3n) is 2.95. The van der Waals surface area contributed by atoms with Gasteiger partial charge in [-0.2, -0.15) is 0 Å². The van der Waals surface area contributed by atoms with E-state index in [4.69, 9.17) is 4.74 Å². The molecule has 5 nitrogen and oxygen atoms in total. The molecule has 2 aromatic rings. The van der Waals surface area contributed by atoms with Crippen LogP contribution in [0.15, 0.2) is 36.4 Å². The van der Waals surface area contributed by atoms with Gasteiger partial charge in [-0.1, -0.05) is 17.7 Å². The van der Waals surface area contributed by atoms with Crippen molar-refractivity contribution >= 4 is 17.6 Å². The minimum absolute atomic E-state index is 0.298. The van der Waals surface area contributed by atoms with Crippen LogP contribution in [0.1, 0.15) is 32.1 Å². The highest BCUT2D eigenvalue weighted by Crippen LogP contribution is 2.19. The van der Waals surface area contributed by atoms with E-state index in [1.165, 1.54) is 7.11 Å². The molecule has 1 N–H and O–H groups in total. The summed E-state index contributed by atoms with van der Waals surface area (Å²) in [6.07, 6.45) is 0. The quantitative estimate of drug-likeness (QED) is 0.880. The van der Waals surface area contributed by atoms with Crippen molar-refractivity contribution in [3.05, 3.63) is 58.9 Å². The lowest BCUT2D eigenvalue weighted by atomic mass is 10.1. The van der Waals surface area contributed by atoms with Crippen molar-refractivity contribution < 1.29 is 14.3 Å². The summed E-state index contributed by atoms with van der Waals surface area (Å²) < 4.78 is 4.73. The number of aromatic nitrogens is 1. The number of carbonyl (C=O) groups is 2. The van der Waals surface area contributed by atoms with E-state index in [-0.39, 0.29) is 5.91 Å². The van der Waals surface area contributed by atoms with Gasteiger partial charge < -0.3 is 10.1 Å². The van der Waals surface area contributed by atoms with Crippen LogP contribution in [0, 0.1) is 13.8 Å². The Bertz CT molecular complexity index is 696. The number of amides is 1. The van der Waals surface area contributed by atoms with Gasteiger partial charge in [0, 0.05) is 5.69 Å². The van der Waals surface area contributed by atoms with Gasteiger partial charge in [-0.3, -0.25) is 4.79 Å². The number of methoxy groups -OCH3 is 1. The van der Waals surface area contributed by atoms with Crippen LogP contribution in [0.3, 0.4) is 0 Å². The highest BCUT2D eigenvalue weighted by Gasteiger charge is 2.15. The molecule has 0 radical (unpaired) electrons. The molecule has 0 aliphatic heterocycles. The van der Waals surface area contributed by atoms with Crippen molar-refractivity contribution in [1.29, 1.82) is 0 Å². The molecule has 0 aliphatic rings. The average molecular weight is 284 g/mol. The normalized spacial score (nSPS) is 10.0. The Morgan fingerprint density at radius 1 is 1.14 bits per heavy atom. The molecular weight excluding hydrogens is 268 g/mol. The second-order valence-electron chi connectivity index (χ2n) is 4.66. The fraction of sp³-hybridized carbons (Fsp3) is 0.188. The van der Waals surface area contributed by atoms with Crippen molar-refractivity contribution in [3.63, 3.8) is 0 Å². The highest BCUT2D eigenvalue weighted by molar-refractivity contribution is 6.07. The number of nitrogens with zero attached hydrogens (tertiary/aromatic N) is 1. The third kappa shape index (κ3) is 3.45. The number of anilines is 1. The maximum absolute atomic E-state index is 12.2. The van der Waals surface area contributed by atoms with Gasteiger partial charge in [-0.05, 0) is 38.1 Å².